The summed E-state index contributed by atoms with van der Waals surface area (Å²) in [6, 6.07) is 18.7. The number of amides is 1. The smallest absolute Gasteiger partial charge is 0.293 e. The third-order valence-electron chi connectivity index (χ3n) is 5.06. The summed E-state index contributed by atoms with van der Waals surface area (Å²) in [7, 11) is -2.35. The summed E-state index contributed by atoms with van der Waals surface area (Å²) in [4.78, 5) is 25.4. The summed E-state index contributed by atoms with van der Waals surface area (Å²) >= 11 is 0. The molecule has 1 atom stereocenters. The maximum absolute atomic E-state index is 13.0. The van der Waals surface area contributed by atoms with E-state index < -0.39 is 26.9 Å². The highest BCUT2D eigenvalue weighted by atomic mass is 32.2. The molecule has 0 radical (unpaired) electrons. The van der Waals surface area contributed by atoms with Crippen molar-refractivity contribution >= 4 is 33.0 Å². The zero-order chi connectivity index (χ0) is 23.5. The molecule has 166 valence electrons. The lowest BCUT2D eigenvalue weighted by atomic mass is 10.1. The first-order chi connectivity index (χ1) is 15.1. The van der Waals surface area contributed by atoms with Crippen molar-refractivity contribution in [2.24, 2.45) is 5.14 Å². The van der Waals surface area contributed by atoms with Gasteiger partial charge in [-0.2, -0.15) is 0 Å². The second kappa shape index (κ2) is 9.16. The van der Waals surface area contributed by atoms with Gasteiger partial charge in [0.15, 0.2) is 0 Å². The van der Waals surface area contributed by atoms with E-state index >= 15 is 0 Å². The molecule has 0 saturated heterocycles. The standard InChI is InChI=1S/C22H22N4O5S/c1-15(16-7-6-10-19(13-16)32(23,30)31)25(2)22(27)17-11-12-20(21(14-17)26(28)29)24-18-8-4-3-5-9-18/h3-15,24H,1-2H3,(H2,23,30,31). The monoisotopic (exact) mass is 454 g/mol. The number of primary sulfonamides is 1. The van der Waals surface area contributed by atoms with Gasteiger partial charge < -0.3 is 10.2 Å². The lowest BCUT2D eigenvalue weighted by molar-refractivity contribution is -0.383. The van der Waals surface area contributed by atoms with Crippen molar-refractivity contribution in [1.82, 2.24) is 4.90 Å². The first kappa shape index (κ1) is 22.9. The molecule has 1 unspecified atom stereocenters. The van der Waals surface area contributed by atoms with E-state index in [1.165, 1.54) is 35.2 Å². The highest BCUT2D eigenvalue weighted by Crippen LogP contribution is 2.30. The summed E-state index contributed by atoms with van der Waals surface area (Å²) < 4.78 is 23.2. The minimum absolute atomic E-state index is 0.0605. The molecule has 0 aliphatic heterocycles. The Morgan fingerprint density at radius 3 is 2.38 bits per heavy atom. The fourth-order valence-electron chi connectivity index (χ4n) is 3.15. The Balaban J connectivity index is 1.88. The van der Waals surface area contributed by atoms with E-state index in [9.17, 15) is 23.3 Å². The Hall–Kier alpha value is -3.76. The molecule has 3 aromatic rings. The summed E-state index contributed by atoms with van der Waals surface area (Å²) in [5, 5.41) is 19.8. The third-order valence-corrected chi connectivity index (χ3v) is 5.98. The van der Waals surface area contributed by atoms with Crippen LogP contribution in [0.1, 0.15) is 28.9 Å². The van der Waals surface area contributed by atoms with E-state index in [2.05, 4.69) is 5.32 Å². The molecule has 0 bridgehead atoms. The number of hydrogen-bond acceptors (Lipinski definition) is 6. The molecule has 9 nitrogen and oxygen atoms in total. The maximum atomic E-state index is 13.0. The van der Waals surface area contributed by atoms with E-state index in [4.69, 9.17) is 5.14 Å². The van der Waals surface area contributed by atoms with Gasteiger partial charge in [-0.15, -0.1) is 0 Å². The average molecular weight is 455 g/mol. The SMILES string of the molecule is CC(c1cccc(S(N)(=O)=O)c1)N(C)C(=O)c1ccc(Nc2ccccc2)c([N+](=O)[O-])c1. The van der Waals surface area contributed by atoms with Crippen molar-refractivity contribution in [1.29, 1.82) is 0 Å². The number of sulfonamides is 1. The molecular formula is C22H22N4O5S. The molecule has 0 saturated carbocycles. The second-order valence-electron chi connectivity index (χ2n) is 7.19. The molecule has 3 aromatic carbocycles. The van der Waals surface area contributed by atoms with Crippen LogP contribution in [0.3, 0.4) is 0 Å². The van der Waals surface area contributed by atoms with Gasteiger partial charge in [-0.1, -0.05) is 30.3 Å². The van der Waals surface area contributed by atoms with Crippen LogP contribution in [0, 0.1) is 10.1 Å². The number of benzene rings is 3. The van der Waals surface area contributed by atoms with Crippen molar-refractivity contribution in [3.63, 3.8) is 0 Å². The van der Waals surface area contributed by atoms with Crippen LogP contribution in [0.25, 0.3) is 0 Å². The number of nitro benzene ring substituents is 1. The van der Waals surface area contributed by atoms with E-state index in [1.807, 2.05) is 6.07 Å². The lowest BCUT2D eigenvalue weighted by Crippen LogP contribution is -2.30. The van der Waals surface area contributed by atoms with Gasteiger partial charge in [-0.25, -0.2) is 13.6 Å². The zero-order valence-corrected chi connectivity index (χ0v) is 18.2. The molecule has 0 aromatic heterocycles. The highest BCUT2D eigenvalue weighted by molar-refractivity contribution is 7.89. The summed E-state index contributed by atoms with van der Waals surface area (Å²) in [6.07, 6.45) is 0. The van der Waals surface area contributed by atoms with E-state index in [0.717, 1.165) is 0 Å². The number of carbonyl (C=O) groups is 1. The summed E-state index contributed by atoms with van der Waals surface area (Å²) in [5.41, 5.74) is 1.39. The van der Waals surface area contributed by atoms with Crippen molar-refractivity contribution < 1.29 is 18.1 Å². The molecule has 0 fully saturated rings. The Morgan fingerprint density at radius 1 is 1.06 bits per heavy atom. The third kappa shape index (κ3) is 5.10. The van der Waals surface area contributed by atoms with Crippen molar-refractivity contribution in [3.8, 4) is 0 Å². The fourth-order valence-corrected chi connectivity index (χ4v) is 3.72. The number of carbonyl (C=O) groups excluding carboxylic acids is 1. The number of nitro groups is 1. The fraction of sp³-hybridized carbons (Fsp3) is 0.136. The van der Waals surface area contributed by atoms with Crippen LogP contribution in [0.5, 0.6) is 0 Å². The molecule has 3 rings (SSSR count). The quantitative estimate of drug-likeness (QED) is 0.411. The van der Waals surface area contributed by atoms with Gasteiger partial charge in [0, 0.05) is 24.4 Å². The zero-order valence-electron chi connectivity index (χ0n) is 17.4. The largest absolute Gasteiger partial charge is 0.350 e. The highest BCUT2D eigenvalue weighted by Gasteiger charge is 2.23. The number of nitrogens with two attached hydrogens (primary N) is 1. The number of nitrogens with one attached hydrogen (secondary N) is 1. The molecule has 10 heteroatoms. The summed E-state index contributed by atoms with van der Waals surface area (Å²) in [6.45, 7) is 1.72. The normalized spacial score (nSPS) is 12.1. The minimum atomic E-state index is -3.89. The Kier molecular flexibility index (Phi) is 6.56. The van der Waals surface area contributed by atoms with E-state index in [0.29, 0.717) is 11.3 Å². The van der Waals surface area contributed by atoms with Crippen LogP contribution in [-0.4, -0.2) is 31.2 Å². The number of anilines is 2. The van der Waals surface area contributed by atoms with Gasteiger partial charge in [-0.05, 0) is 48.9 Å². The molecule has 0 aliphatic carbocycles. The minimum Gasteiger partial charge on any atom is -0.350 e. The molecule has 3 N–H and O–H groups in total. The molecule has 1 amide bonds. The Bertz CT molecular complexity index is 1260. The number of para-hydroxylation sites is 1. The second-order valence-corrected chi connectivity index (χ2v) is 8.75. The van der Waals surface area contributed by atoms with Crippen LogP contribution in [0.15, 0.2) is 77.7 Å². The maximum Gasteiger partial charge on any atom is 0.293 e. The Morgan fingerprint density at radius 2 is 1.75 bits per heavy atom. The van der Waals surface area contributed by atoms with Crippen LogP contribution >= 0.6 is 0 Å². The molecule has 0 aliphatic rings. The van der Waals surface area contributed by atoms with E-state index in [-0.39, 0.29) is 21.8 Å². The average Bonchev–Trinajstić information content (AvgIpc) is 2.78. The first-order valence-corrected chi connectivity index (χ1v) is 11.1. The predicted molar refractivity (Wildman–Crippen MR) is 121 cm³/mol. The van der Waals surface area contributed by atoms with Gasteiger partial charge in [-0.3, -0.25) is 14.9 Å². The van der Waals surface area contributed by atoms with Crippen molar-refractivity contribution in [2.75, 3.05) is 12.4 Å². The van der Waals surface area contributed by atoms with Crippen LogP contribution < -0.4 is 10.5 Å². The van der Waals surface area contributed by atoms with Crippen molar-refractivity contribution in [2.45, 2.75) is 17.9 Å². The molecular weight excluding hydrogens is 432 g/mol. The van der Waals surface area contributed by atoms with Gasteiger partial charge >= 0.3 is 0 Å². The van der Waals surface area contributed by atoms with E-state index in [1.54, 1.807) is 50.4 Å². The van der Waals surface area contributed by atoms with Crippen LogP contribution in [0.4, 0.5) is 17.1 Å². The number of rotatable bonds is 7. The Labute approximate surface area is 185 Å². The van der Waals surface area contributed by atoms with Gasteiger partial charge in [0.25, 0.3) is 11.6 Å². The number of nitrogens with zero attached hydrogens (tertiary/aromatic N) is 2. The molecule has 32 heavy (non-hydrogen) atoms. The van der Waals surface area contributed by atoms with Crippen LogP contribution in [-0.2, 0) is 10.0 Å². The van der Waals surface area contributed by atoms with Gasteiger partial charge in [0.1, 0.15) is 5.69 Å². The predicted octanol–water partition coefficient (Wildman–Crippen LogP) is 3.82. The summed E-state index contributed by atoms with van der Waals surface area (Å²) in [5.74, 6) is -0.451. The molecule has 0 heterocycles. The topological polar surface area (TPSA) is 136 Å². The van der Waals surface area contributed by atoms with Crippen molar-refractivity contribution in [3.05, 3.63) is 94.0 Å². The van der Waals surface area contributed by atoms with Gasteiger partial charge in [0.05, 0.1) is 15.9 Å². The first-order valence-electron chi connectivity index (χ1n) is 9.58. The number of hydrogen-bond donors (Lipinski definition) is 2. The van der Waals surface area contributed by atoms with Crippen LogP contribution in [0.2, 0.25) is 0 Å². The lowest BCUT2D eigenvalue weighted by Gasteiger charge is -2.26. The van der Waals surface area contributed by atoms with Gasteiger partial charge in [0.2, 0.25) is 10.0 Å². The molecule has 0 spiro atoms.